The first-order valence-corrected chi connectivity index (χ1v) is 5.29. The van der Waals surface area contributed by atoms with Gasteiger partial charge >= 0.3 is 0 Å². The highest BCUT2D eigenvalue weighted by Crippen LogP contribution is 2.27. The predicted molar refractivity (Wildman–Crippen MR) is 59.2 cm³/mol. The molecule has 0 bridgehead atoms. The van der Waals surface area contributed by atoms with Crippen LogP contribution < -0.4 is 5.73 Å². The second-order valence-electron chi connectivity index (χ2n) is 3.98. The van der Waals surface area contributed by atoms with E-state index >= 15 is 0 Å². The second kappa shape index (κ2) is 3.77. The van der Waals surface area contributed by atoms with E-state index in [1.807, 2.05) is 4.57 Å². The maximum absolute atomic E-state index is 10.6. The molecule has 7 heteroatoms. The fourth-order valence-corrected chi connectivity index (χ4v) is 2.06. The summed E-state index contributed by atoms with van der Waals surface area (Å²) < 4.78 is 7.21. The standard InChI is InChI=1S/C10H11N5O2/c11-9-8-10(13-4-12-9)15(5-14-8)6-1-7(2-16)17-3-6/h2,4-7H,1,3H2,(H2,11,12,13)/t6-,7-/m1/s1. The molecule has 1 aliphatic rings. The van der Waals surface area contributed by atoms with E-state index in [0.717, 1.165) is 6.29 Å². The molecule has 0 spiro atoms. The minimum Gasteiger partial charge on any atom is -0.382 e. The third kappa shape index (κ3) is 1.55. The van der Waals surface area contributed by atoms with E-state index in [4.69, 9.17) is 10.5 Å². The van der Waals surface area contributed by atoms with Gasteiger partial charge in [0.1, 0.15) is 24.2 Å². The topological polar surface area (TPSA) is 95.9 Å². The maximum Gasteiger partial charge on any atom is 0.165 e. The predicted octanol–water partition coefficient (Wildman–Crippen LogP) is -0.0626. The van der Waals surface area contributed by atoms with E-state index < -0.39 is 0 Å². The number of carbonyl (C=O) groups is 1. The number of nitrogens with two attached hydrogens (primary N) is 1. The van der Waals surface area contributed by atoms with Gasteiger partial charge < -0.3 is 19.8 Å². The molecule has 0 radical (unpaired) electrons. The zero-order valence-electron chi connectivity index (χ0n) is 8.98. The summed E-state index contributed by atoms with van der Waals surface area (Å²) in [6.07, 6.45) is 4.19. The van der Waals surface area contributed by atoms with E-state index in [2.05, 4.69) is 15.0 Å². The molecule has 7 nitrogen and oxygen atoms in total. The minimum atomic E-state index is -0.336. The monoisotopic (exact) mass is 233 g/mol. The van der Waals surface area contributed by atoms with Crippen molar-refractivity contribution >= 4 is 23.3 Å². The molecule has 1 fully saturated rings. The number of fused-ring (bicyclic) bond motifs is 1. The number of ether oxygens (including phenoxy) is 1. The van der Waals surface area contributed by atoms with Crippen LogP contribution in [0, 0.1) is 0 Å². The van der Waals surface area contributed by atoms with Crippen molar-refractivity contribution in [1.82, 2.24) is 19.5 Å². The van der Waals surface area contributed by atoms with Crippen molar-refractivity contribution in [3.63, 3.8) is 0 Å². The van der Waals surface area contributed by atoms with Gasteiger partial charge in [0.05, 0.1) is 19.0 Å². The number of carbonyl (C=O) groups excluding carboxylic acids is 1. The Kier molecular flexibility index (Phi) is 2.25. The van der Waals surface area contributed by atoms with Crippen LogP contribution in [0.2, 0.25) is 0 Å². The molecule has 17 heavy (non-hydrogen) atoms. The van der Waals surface area contributed by atoms with Gasteiger partial charge in [0.2, 0.25) is 0 Å². The lowest BCUT2D eigenvalue weighted by Crippen LogP contribution is -2.09. The van der Waals surface area contributed by atoms with Gasteiger partial charge in [0.25, 0.3) is 0 Å². The number of hydrogen-bond acceptors (Lipinski definition) is 6. The molecule has 3 rings (SSSR count). The Morgan fingerprint density at radius 2 is 2.35 bits per heavy atom. The molecule has 2 aromatic rings. The summed E-state index contributed by atoms with van der Waals surface area (Å²) in [5.41, 5.74) is 6.97. The lowest BCUT2D eigenvalue weighted by atomic mass is 10.2. The van der Waals surface area contributed by atoms with Crippen molar-refractivity contribution in [3.05, 3.63) is 12.7 Å². The van der Waals surface area contributed by atoms with Gasteiger partial charge in [-0.2, -0.15) is 0 Å². The van der Waals surface area contributed by atoms with Crippen LogP contribution in [0.1, 0.15) is 12.5 Å². The molecule has 2 N–H and O–H groups in total. The third-order valence-electron chi connectivity index (χ3n) is 2.94. The molecule has 0 aromatic carbocycles. The van der Waals surface area contributed by atoms with Crippen LogP contribution in [-0.4, -0.2) is 38.5 Å². The van der Waals surface area contributed by atoms with Crippen molar-refractivity contribution in [1.29, 1.82) is 0 Å². The van der Waals surface area contributed by atoms with Crippen LogP contribution >= 0.6 is 0 Å². The largest absolute Gasteiger partial charge is 0.382 e. The molecule has 88 valence electrons. The number of aromatic nitrogens is 4. The molecule has 0 saturated carbocycles. The Bertz CT molecular complexity index is 567. The Morgan fingerprint density at radius 1 is 1.47 bits per heavy atom. The summed E-state index contributed by atoms with van der Waals surface area (Å²) in [5.74, 6) is 0.361. The van der Waals surface area contributed by atoms with Gasteiger partial charge in [-0.25, -0.2) is 15.0 Å². The lowest BCUT2D eigenvalue weighted by molar-refractivity contribution is -0.115. The normalized spacial score (nSPS) is 24.2. The van der Waals surface area contributed by atoms with Crippen LogP contribution in [0.4, 0.5) is 5.82 Å². The molecular formula is C10H11N5O2. The van der Waals surface area contributed by atoms with Crippen molar-refractivity contribution in [2.75, 3.05) is 12.3 Å². The molecule has 1 saturated heterocycles. The first kappa shape index (κ1) is 10.2. The van der Waals surface area contributed by atoms with Crippen LogP contribution in [0.25, 0.3) is 11.2 Å². The van der Waals surface area contributed by atoms with Crippen molar-refractivity contribution in [2.45, 2.75) is 18.6 Å². The fraction of sp³-hybridized carbons (Fsp3) is 0.400. The van der Waals surface area contributed by atoms with E-state index in [9.17, 15) is 4.79 Å². The van der Waals surface area contributed by atoms with Gasteiger partial charge in [0.15, 0.2) is 11.5 Å². The minimum absolute atomic E-state index is 0.0736. The average Bonchev–Trinajstić information content (AvgIpc) is 2.94. The van der Waals surface area contributed by atoms with Crippen LogP contribution in [-0.2, 0) is 9.53 Å². The van der Waals surface area contributed by atoms with Crippen molar-refractivity contribution in [3.8, 4) is 0 Å². The quantitative estimate of drug-likeness (QED) is 0.730. The lowest BCUT2D eigenvalue weighted by Gasteiger charge is -2.09. The van der Waals surface area contributed by atoms with Crippen molar-refractivity contribution in [2.24, 2.45) is 0 Å². The van der Waals surface area contributed by atoms with Gasteiger partial charge in [0, 0.05) is 6.42 Å². The van der Waals surface area contributed by atoms with E-state index in [1.165, 1.54) is 6.33 Å². The van der Waals surface area contributed by atoms with Gasteiger partial charge in [-0.05, 0) is 0 Å². The van der Waals surface area contributed by atoms with Gasteiger partial charge in [-0.1, -0.05) is 0 Å². The number of aldehydes is 1. The molecule has 0 amide bonds. The Hall–Kier alpha value is -2.02. The summed E-state index contributed by atoms with van der Waals surface area (Å²) in [6.45, 7) is 0.485. The van der Waals surface area contributed by atoms with Crippen LogP contribution in [0.5, 0.6) is 0 Å². The molecule has 2 aromatic heterocycles. The molecule has 1 aliphatic heterocycles. The third-order valence-corrected chi connectivity index (χ3v) is 2.94. The summed E-state index contributed by atoms with van der Waals surface area (Å²) in [4.78, 5) is 22.9. The Balaban J connectivity index is 2.01. The highest BCUT2D eigenvalue weighted by atomic mass is 16.5. The van der Waals surface area contributed by atoms with Crippen LogP contribution in [0.15, 0.2) is 12.7 Å². The summed E-state index contributed by atoms with van der Waals surface area (Å²) in [7, 11) is 0. The van der Waals surface area contributed by atoms with Gasteiger partial charge in [-0.3, -0.25) is 0 Å². The fourth-order valence-electron chi connectivity index (χ4n) is 2.06. The summed E-state index contributed by atoms with van der Waals surface area (Å²) in [5, 5.41) is 0. The van der Waals surface area contributed by atoms with Gasteiger partial charge in [-0.15, -0.1) is 0 Å². The average molecular weight is 233 g/mol. The molecule has 3 heterocycles. The SMILES string of the molecule is Nc1ncnc2c1ncn2[C@H]1CO[C@@H](C=O)C1. The zero-order valence-corrected chi connectivity index (χ0v) is 8.98. The first-order valence-electron chi connectivity index (χ1n) is 5.29. The smallest absolute Gasteiger partial charge is 0.165 e. The summed E-state index contributed by atoms with van der Waals surface area (Å²) >= 11 is 0. The number of imidazole rings is 1. The maximum atomic E-state index is 10.6. The molecule has 0 aliphatic carbocycles. The summed E-state index contributed by atoms with van der Waals surface area (Å²) in [6, 6.07) is 0.0736. The highest BCUT2D eigenvalue weighted by molar-refractivity contribution is 5.81. The Morgan fingerprint density at radius 3 is 3.12 bits per heavy atom. The number of anilines is 1. The highest BCUT2D eigenvalue weighted by Gasteiger charge is 2.27. The molecular weight excluding hydrogens is 222 g/mol. The van der Waals surface area contributed by atoms with E-state index in [1.54, 1.807) is 6.33 Å². The first-order chi connectivity index (χ1) is 8.29. The van der Waals surface area contributed by atoms with Crippen molar-refractivity contribution < 1.29 is 9.53 Å². The molecule has 2 atom stereocenters. The second-order valence-corrected chi connectivity index (χ2v) is 3.98. The van der Waals surface area contributed by atoms with Crippen LogP contribution in [0.3, 0.4) is 0 Å². The Labute approximate surface area is 96.6 Å². The van der Waals surface area contributed by atoms with E-state index in [-0.39, 0.29) is 12.1 Å². The number of rotatable bonds is 2. The zero-order chi connectivity index (χ0) is 11.8. The number of nitrogen functional groups attached to an aromatic ring is 1. The van der Waals surface area contributed by atoms with E-state index in [0.29, 0.717) is 30.0 Å². The number of nitrogens with zero attached hydrogens (tertiary/aromatic N) is 4. The molecule has 0 unspecified atom stereocenters. The number of hydrogen-bond donors (Lipinski definition) is 1.